The number of carbonyl (C=O) groups excluding carboxylic acids is 2. The molecule has 3 aromatic rings. The highest BCUT2D eigenvalue weighted by molar-refractivity contribution is 7.17. The van der Waals surface area contributed by atoms with Gasteiger partial charge in [-0.15, -0.1) is 11.3 Å². The largest absolute Gasteiger partial charge is 0.490 e. The van der Waals surface area contributed by atoms with Crippen LogP contribution in [-0.4, -0.2) is 29.8 Å². The van der Waals surface area contributed by atoms with Crippen molar-refractivity contribution in [2.45, 2.75) is 6.92 Å². The monoisotopic (exact) mass is 441 g/mol. The summed E-state index contributed by atoms with van der Waals surface area (Å²) in [6, 6.07) is 12.6. The van der Waals surface area contributed by atoms with Crippen LogP contribution in [0.4, 0.5) is 5.82 Å². The molecule has 3 N–H and O–H groups in total. The predicted molar refractivity (Wildman–Crippen MR) is 121 cm³/mol. The van der Waals surface area contributed by atoms with Crippen molar-refractivity contribution in [3.63, 3.8) is 0 Å². The van der Waals surface area contributed by atoms with E-state index in [1.807, 2.05) is 18.2 Å². The van der Waals surface area contributed by atoms with Gasteiger partial charge in [-0.2, -0.15) is 0 Å². The molecule has 1 aromatic carbocycles. The number of nitrogens with zero attached hydrogens (tertiary/aromatic N) is 1. The van der Waals surface area contributed by atoms with E-state index in [1.54, 1.807) is 43.5 Å². The van der Waals surface area contributed by atoms with Gasteiger partial charge >= 0.3 is 0 Å². The fraction of sp³-hybridized carbons (Fsp3) is 0.136. The van der Waals surface area contributed by atoms with Gasteiger partial charge in [0.2, 0.25) is 5.91 Å². The maximum absolute atomic E-state index is 11.9. The molecule has 2 heterocycles. The second-order valence-corrected chi connectivity index (χ2v) is 7.85. The van der Waals surface area contributed by atoms with Gasteiger partial charge in [0.25, 0.3) is 0 Å². The van der Waals surface area contributed by atoms with Crippen LogP contribution in [0.3, 0.4) is 0 Å². The van der Waals surface area contributed by atoms with Crippen LogP contribution in [-0.2, 0) is 4.79 Å². The first-order valence-corrected chi connectivity index (χ1v) is 10.3. The fourth-order valence-corrected chi connectivity index (χ4v) is 3.67. The number of ether oxygens (including phenoxy) is 1. The molecule has 0 aliphatic rings. The molecule has 0 radical (unpaired) electrons. The molecular formula is C22H20ClN3O3S. The van der Waals surface area contributed by atoms with Crippen LogP contribution in [0.1, 0.15) is 22.2 Å². The smallest absolute Gasteiger partial charge is 0.244 e. The van der Waals surface area contributed by atoms with Gasteiger partial charge in [-0.1, -0.05) is 11.6 Å². The average molecular weight is 442 g/mol. The number of hydrogen-bond acceptors (Lipinski definition) is 6. The number of halogens is 1. The van der Waals surface area contributed by atoms with E-state index in [4.69, 9.17) is 22.1 Å². The zero-order valence-corrected chi connectivity index (χ0v) is 17.8. The van der Waals surface area contributed by atoms with Gasteiger partial charge in [-0.3, -0.25) is 9.59 Å². The number of nitrogens with two attached hydrogens (primary N) is 1. The van der Waals surface area contributed by atoms with Crippen LogP contribution >= 0.6 is 22.9 Å². The third kappa shape index (κ3) is 5.92. The number of Topliss-reactive ketones (excluding diaryl/α,β-unsaturated/α-hetero) is 1. The molecule has 0 unspecified atom stereocenters. The topological polar surface area (TPSA) is 94.3 Å². The van der Waals surface area contributed by atoms with Gasteiger partial charge in [0.15, 0.2) is 5.78 Å². The average Bonchev–Trinajstić information content (AvgIpc) is 3.22. The van der Waals surface area contributed by atoms with Crippen LogP contribution in [0.25, 0.3) is 16.5 Å². The molecule has 0 saturated heterocycles. The first kappa shape index (κ1) is 21.5. The molecule has 0 aliphatic carbocycles. The van der Waals surface area contributed by atoms with E-state index < -0.39 is 0 Å². The van der Waals surface area contributed by atoms with E-state index in [1.165, 1.54) is 17.4 Å². The molecule has 0 bridgehead atoms. The SMILES string of the molecule is CC(=O)c1ccc(-c2ccc(OCCNC(=O)/C=C/c3ccc(N)nc3)c(Cl)c2)s1. The zero-order valence-electron chi connectivity index (χ0n) is 16.2. The molecule has 3 rings (SSSR count). The number of hydrogen-bond donors (Lipinski definition) is 2. The molecule has 30 heavy (non-hydrogen) atoms. The lowest BCUT2D eigenvalue weighted by Crippen LogP contribution is -2.26. The molecule has 2 aromatic heterocycles. The number of ketones is 1. The van der Waals surface area contributed by atoms with Crippen molar-refractivity contribution in [3.8, 4) is 16.2 Å². The Hall–Kier alpha value is -3.16. The summed E-state index contributed by atoms with van der Waals surface area (Å²) in [6.07, 6.45) is 4.66. The molecule has 0 spiro atoms. The molecule has 0 aliphatic heterocycles. The molecular weight excluding hydrogens is 422 g/mol. The minimum atomic E-state index is -0.240. The summed E-state index contributed by atoms with van der Waals surface area (Å²) in [5, 5.41) is 3.20. The lowest BCUT2D eigenvalue weighted by Gasteiger charge is -2.09. The van der Waals surface area contributed by atoms with Crippen molar-refractivity contribution in [3.05, 3.63) is 70.2 Å². The van der Waals surface area contributed by atoms with Crippen molar-refractivity contribution in [2.75, 3.05) is 18.9 Å². The summed E-state index contributed by atoms with van der Waals surface area (Å²) in [7, 11) is 0. The highest BCUT2D eigenvalue weighted by Crippen LogP contribution is 2.34. The summed E-state index contributed by atoms with van der Waals surface area (Å²) >= 11 is 7.74. The molecule has 154 valence electrons. The number of amides is 1. The van der Waals surface area contributed by atoms with Gasteiger partial charge in [-0.05, 0) is 66.6 Å². The molecule has 0 saturated carbocycles. The van der Waals surface area contributed by atoms with Crippen LogP contribution in [0.5, 0.6) is 5.75 Å². The first-order valence-electron chi connectivity index (χ1n) is 9.13. The number of nitrogen functional groups attached to an aromatic ring is 1. The summed E-state index contributed by atoms with van der Waals surface area (Å²) in [5.74, 6) is 0.758. The number of benzene rings is 1. The van der Waals surface area contributed by atoms with E-state index >= 15 is 0 Å². The van der Waals surface area contributed by atoms with Crippen molar-refractivity contribution in [1.29, 1.82) is 0 Å². The van der Waals surface area contributed by atoms with Crippen molar-refractivity contribution in [1.82, 2.24) is 10.3 Å². The Morgan fingerprint density at radius 1 is 1.23 bits per heavy atom. The molecule has 8 heteroatoms. The molecule has 1 amide bonds. The third-order valence-electron chi connectivity index (χ3n) is 4.06. The Kier molecular flexibility index (Phi) is 7.21. The van der Waals surface area contributed by atoms with Crippen molar-refractivity contribution >= 4 is 46.5 Å². The highest BCUT2D eigenvalue weighted by Gasteiger charge is 2.09. The molecule has 6 nitrogen and oxygen atoms in total. The highest BCUT2D eigenvalue weighted by atomic mass is 35.5. The quantitative estimate of drug-likeness (QED) is 0.306. The standard InChI is InChI=1S/C22H20ClN3O3S/c1-14(27)19-6-7-20(30-19)16-4-5-18(17(23)12-16)29-11-10-25-22(28)9-3-15-2-8-21(24)26-13-15/h2-9,12-13H,10-11H2,1H3,(H2,24,26)(H,25,28)/b9-3+. The van der Waals surface area contributed by atoms with Gasteiger partial charge in [0.1, 0.15) is 18.2 Å². The lowest BCUT2D eigenvalue weighted by molar-refractivity contribution is -0.116. The van der Waals surface area contributed by atoms with Gasteiger partial charge < -0.3 is 15.8 Å². The van der Waals surface area contributed by atoms with Gasteiger partial charge in [0.05, 0.1) is 16.4 Å². The number of aromatic nitrogens is 1. The van der Waals surface area contributed by atoms with Crippen LogP contribution < -0.4 is 15.8 Å². The summed E-state index contributed by atoms with van der Waals surface area (Å²) in [4.78, 5) is 28.9. The maximum atomic E-state index is 11.9. The Morgan fingerprint density at radius 2 is 2.07 bits per heavy atom. The summed E-state index contributed by atoms with van der Waals surface area (Å²) < 4.78 is 5.65. The Balaban J connectivity index is 1.48. The van der Waals surface area contributed by atoms with Crippen molar-refractivity contribution in [2.24, 2.45) is 0 Å². The van der Waals surface area contributed by atoms with Gasteiger partial charge in [0, 0.05) is 17.2 Å². The molecule has 0 atom stereocenters. The maximum Gasteiger partial charge on any atom is 0.244 e. The van der Waals surface area contributed by atoms with Crippen LogP contribution in [0, 0.1) is 0 Å². The Bertz CT molecular complexity index is 1080. The minimum absolute atomic E-state index is 0.0410. The van der Waals surface area contributed by atoms with E-state index in [9.17, 15) is 9.59 Å². The fourth-order valence-electron chi connectivity index (χ4n) is 2.53. The Labute approximate surface area is 183 Å². The second-order valence-electron chi connectivity index (χ2n) is 6.35. The summed E-state index contributed by atoms with van der Waals surface area (Å²) in [5.41, 5.74) is 7.22. The zero-order chi connectivity index (χ0) is 21.5. The number of nitrogens with one attached hydrogen (secondary N) is 1. The van der Waals surface area contributed by atoms with Gasteiger partial charge in [-0.25, -0.2) is 4.98 Å². The van der Waals surface area contributed by atoms with E-state index in [-0.39, 0.29) is 18.3 Å². The number of thiophene rings is 1. The van der Waals surface area contributed by atoms with E-state index in [2.05, 4.69) is 10.3 Å². The number of rotatable bonds is 8. The predicted octanol–water partition coefficient (Wildman–Crippen LogP) is 4.46. The van der Waals surface area contributed by atoms with E-state index in [0.717, 1.165) is 16.0 Å². The lowest BCUT2D eigenvalue weighted by atomic mass is 10.2. The first-order chi connectivity index (χ1) is 14.4. The van der Waals surface area contributed by atoms with Crippen LogP contribution in [0.2, 0.25) is 5.02 Å². The van der Waals surface area contributed by atoms with E-state index in [0.29, 0.717) is 28.0 Å². The normalized spacial score (nSPS) is 10.9. The third-order valence-corrected chi connectivity index (χ3v) is 5.60. The minimum Gasteiger partial charge on any atom is -0.490 e. The Morgan fingerprint density at radius 3 is 2.73 bits per heavy atom. The van der Waals surface area contributed by atoms with Crippen molar-refractivity contribution < 1.29 is 14.3 Å². The number of pyridine rings is 1. The number of anilines is 1. The van der Waals surface area contributed by atoms with Crippen LogP contribution in [0.15, 0.2) is 54.7 Å². The molecule has 0 fully saturated rings. The second kappa shape index (κ2) is 10.0. The summed E-state index contributed by atoms with van der Waals surface area (Å²) in [6.45, 7) is 2.15. The number of carbonyl (C=O) groups is 2.